The topological polar surface area (TPSA) is 55.1 Å². The number of amides is 1. The van der Waals surface area contributed by atoms with Gasteiger partial charge in [0.2, 0.25) is 5.91 Å². The van der Waals surface area contributed by atoms with Crippen molar-refractivity contribution in [2.75, 3.05) is 6.54 Å². The molecule has 0 heterocycles. The van der Waals surface area contributed by atoms with Gasteiger partial charge < -0.3 is 11.1 Å². The van der Waals surface area contributed by atoms with Gasteiger partial charge in [-0.2, -0.15) is 0 Å². The Morgan fingerprint density at radius 3 is 1.73 bits per heavy atom. The van der Waals surface area contributed by atoms with E-state index >= 15 is 0 Å². The first kappa shape index (κ1) is 20.1. The predicted octanol–water partition coefficient (Wildman–Crippen LogP) is 4.86. The molecule has 4 rings (SSSR count). The molecule has 30 heavy (non-hydrogen) atoms. The number of nitrogens with one attached hydrogen (secondary N) is 1. The van der Waals surface area contributed by atoms with Crippen molar-refractivity contribution >= 4 is 27.5 Å². The number of carbonyl (C=O) groups excluding carboxylic acids is 1. The summed E-state index contributed by atoms with van der Waals surface area (Å²) in [5.41, 5.74) is 8.15. The molecule has 152 valence electrons. The van der Waals surface area contributed by atoms with Crippen LogP contribution in [0.3, 0.4) is 0 Å². The van der Waals surface area contributed by atoms with Gasteiger partial charge in [0.05, 0.1) is 6.04 Å². The molecule has 0 radical (unpaired) electrons. The molecule has 0 aliphatic heterocycles. The second-order valence-electron chi connectivity index (χ2n) is 8.08. The van der Waals surface area contributed by atoms with Gasteiger partial charge in [-0.05, 0) is 64.9 Å². The molecule has 3 heteroatoms. The van der Waals surface area contributed by atoms with E-state index in [9.17, 15) is 4.79 Å². The fraction of sp³-hybridized carbons (Fsp3) is 0.222. The fourth-order valence-electron chi connectivity index (χ4n) is 4.22. The fourth-order valence-corrected chi connectivity index (χ4v) is 4.22. The molecule has 1 atom stereocenters. The van der Waals surface area contributed by atoms with Crippen molar-refractivity contribution in [1.29, 1.82) is 0 Å². The van der Waals surface area contributed by atoms with E-state index in [0.29, 0.717) is 5.92 Å². The minimum Gasteiger partial charge on any atom is -0.368 e. The normalized spacial score (nSPS) is 12.5. The minimum absolute atomic E-state index is 0.316. The third-order valence-electron chi connectivity index (χ3n) is 5.92. The van der Waals surface area contributed by atoms with Gasteiger partial charge in [-0.3, -0.25) is 4.79 Å². The van der Waals surface area contributed by atoms with E-state index in [4.69, 9.17) is 5.73 Å². The number of nitrogens with two attached hydrogens (primary N) is 1. The highest BCUT2D eigenvalue weighted by Crippen LogP contribution is 2.26. The third-order valence-corrected chi connectivity index (χ3v) is 5.92. The molecule has 0 aliphatic rings. The standard InChI is InChI=1S/C27H28N2O/c1-19(27(28)30)29-18-20(16-23-12-6-10-21-8-2-4-14-25(21)23)17-24-13-7-11-22-9-3-5-15-26(22)24/h2-15,19-20,29H,16-18H2,1H3,(H2,28,30). The number of benzene rings is 4. The van der Waals surface area contributed by atoms with Crippen LogP contribution in [-0.4, -0.2) is 18.5 Å². The second-order valence-corrected chi connectivity index (χ2v) is 8.08. The summed E-state index contributed by atoms with van der Waals surface area (Å²) in [6, 6.07) is 29.7. The molecule has 0 saturated carbocycles. The van der Waals surface area contributed by atoms with E-state index in [1.165, 1.54) is 32.7 Å². The van der Waals surface area contributed by atoms with E-state index in [1.807, 2.05) is 6.92 Å². The molecule has 3 nitrogen and oxygen atoms in total. The van der Waals surface area contributed by atoms with Crippen molar-refractivity contribution < 1.29 is 4.79 Å². The van der Waals surface area contributed by atoms with Gasteiger partial charge in [0.15, 0.2) is 0 Å². The summed E-state index contributed by atoms with van der Waals surface area (Å²) >= 11 is 0. The third kappa shape index (κ3) is 4.52. The van der Waals surface area contributed by atoms with Crippen LogP contribution in [0, 0.1) is 5.92 Å². The number of rotatable bonds is 8. The number of carbonyl (C=O) groups is 1. The van der Waals surface area contributed by atoms with Gasteiger partial charge in [-0.25, -0.2) is 0 Å². The van der Waals surface area contributed by atoms with Crippen LogP contribution in [0.25, 0.3) is 21.5 Å². The van der Waals surface area contributed by atoms with Crippen LogP contribution in [-0.2, 0) is 17.6 Å². The molecule has 0 aliphatic carbocycles. The molecule has 0 aromatic heterocycles. The first-order valence-corrected chi connectivity index (χ1v) is 10.6. The highest BCUT2D eigenvalue weighted by atomic mass is 16.1. The highest BCUT2D eigenvalue weighted by Gasteiger charge is 2.17. The Kier molecular flexibility index (Phi) is 6.10. The van der Waals surface area contributed by atoms with Crippen molar-refractivity contribution in [3.63, 3.8) is 0 Å². The maximum atomic E-state index is 11.5. The highest BCUT2D eigenvalue weighted by molar-refractivity contribution is 5.86. The lowest BCUT2D eigenvalue weighted by molar-refractivity contribution is -0.119. The van der Waals surface area contributed by atoms with Crippen LogP contribution in [0.5, 0.6) is 0 Å². The van der Waals surface area contributed by atoms with Crippen molar-refractivity contribution in [1.82, 2.24) is 5.32 Å². The number of primary amides is 1. The van der Waals surface area contributed by atoms with Crippen LogP contribution in [0.2, 0.25) is 0 Å². The summed E-state index contributed by atoms with van der Waals surface area (Å²) in [5.74, 6) is 0.0208. The summed E-state index contributed by atoms with van der Waals surface area (Å²) in [6.45, 7) is 2.56. The molecule has 0 bridgehead atoms. The zero-order valence-electron chi connectivity index (χ0n) is 17.3. The SMILES string of the molecule is CC(NCC(Cc1cccc2ccccc12)Cc1cccc2ccccc12)C(N)=O. The number of hydrogen-bond donors (Lipinski definition) is 2. The molecule has 4 aromatic rings. The van der Waals surface area contributed by atoms with Gasteiger partial charge in [0.1, 0.15) is 0 Å². The largest absolute Gasteiger partial charge is 0.368 e. The van der Waals surface area contributed by atoms with Crippen molar-refractivity contribution in [2.24, 2.45) is 11.7 Å². The maximum absolute atomic E-state index is 11.5. The Bertz CT molecular complexity index is 1080. The lowest BCUT2D eigenvalue weighted by Crippen LogP contribution is -2.41. The average Bonchev–Trinajstić information content (AvgIpc) is 2.77. The average molecular weight is 397 g/mol. The molecule has 0 saturated heterocycles. The molecule has 0 spiro atoms. The molecular weight excluding hydrogens is 368 g/mol. The lowest BCUT2D eigenvalue weighted by Gasteiger charge is -2.21. The smallest absolute Gasteiger partial charge is 0.234 e. The quantitative estimate of drug-likeness (QED) is 0.447. The Morgan fingerprint density at radius 1 is 0.767 bits per heavy atom. The zero-order chi connectivity index (χ0) is 20.9. The summed E-state index contributed by atoms with van der Waals surface area (Å²) in [5, 5.41) is 8.46. The van der Waals surface area contributed by atoms with Crippen molar-refractivity contribution in [3.05, 3.63) is 96.1 Å². The van der Waals surface area contributed by atoms with E-state index in [-0.39, 0.29) is 11.9 Å². The molecular formula is C27H28N2O. The summed E-state index contributed by atoms with van der Waals surface area (Å²) in [6.07, 6.45) is 1.87. The predicted molar refractivity (Wildman–Crippen MR) is 125 cm³/mol. The van der Waals surface area contributed by atoms with Gasteiger partial charge in [0, 0.05) is 0 Å². The Morgan fingerprint density at radius 2 is 1.23 bits per heavy atom. The molecule has 0 fully saturated rings. The van der Waals surface area contributed by atoms with Gasteiger partial charge in [0.25, 0.3) is 0 Å². The van der Waals surface area contributed by atoms with Crippen molar-refractivity contribution in [2.45, 2.75) is 25.8 Å². The van der Waals surface area contributed by atoms with Crippen LogP contribution >= 0.6 is 0 Å². The lowest BCUT2D eigenvalue weighted by atomic mass is 9.88. The van der Waals surface area contributed by atoms with E-state index in [0.717, 1.165) is 19.4 Å². The molecule has 1 unspecified atom stereocenters. The van der Waals surface area contributed by atoms with E-state index in [2.05, 4.69) is 90.2 Å². The summed E-state index contributed by atoms with van der Waals surface area (Å²) in [7, 11) is 0. The first-order chi connectivity index (χ1) is 14.6. The Labute approximate surface area is 177 Å². The summed E-state index contributed by atoms with van der Waals surface area (Å²) < 4.78 is 0. The maximum Gasteiger partial charge on any atom is 0.234 e. The van der Waals surface area contributed by atoms with Crippen LogP contribution in [0.4, 0.5) is 0 Å². The number of hydrogen-bond acceptors (Lipinski definition) is 2. The first-order valence-electron chi connectivity index (χ1n) is 10.6. The molecule has 4 aromatic carbocycles. The van der Waals surface area contributed by atoms with E-state index < -0.39 is 0 Å². The van der Waals surface area contributed by atoms with Crippen molar-refractivity contribution in [3.8, 4) is 0 Å². The Balaban J connectivity index is 1.64. The van der Waals surface area contributed by atoms with Crippen LogP contribution < -0.4 is 11.1 Å². The Hall–Kier alpha value is -3.17. The van der Waals surface area contributed by atoms with Crippen LogP contribution in [0.1, 0.15) is 18.1 Å². The van der Waals surface area contributed by atoms with Gasteiger partial charge in [-0.15, -0.1) is 0 Å². The number of fused-ring (bicyclic) bond motifs is 2. The summed E-state index contributed by atoms with van der Waals surface area (Å²) in [4.78, 5) is 11.5. The zero-order valence-corrected chi connectivity index (χ0v) is 17.3. The second kappa shape index (κ2) is 9.10. The minimum atomic E-state index is -0.340. The molecule has 3 N–H and O–H groups in total. The monoisotopic (exact) mass is 396 g/mol. The van der Waals surface area contributed by atoms with E-state index in [1.54, 1.807) is 0 Å². The molecule has 1 amide bonds. The van der Waals surface area contributed by atoms with Gasteiger partial charge >= 0.3 is 0 Å². The van der Waals surface area contributed by atoms with Crippen LogP contribution in [0.15, 0.2) is 84.9 Å². The van der Waals surface area contributed by atoms with Gasteiger partial charge in [-0.1, -0.05) is 84.9 Å².